The second-order valence-electron chi connectivity index (χ2n) is 4.87. The van der Waals surface area contributed by atoms with E-state index in [0.717, 1.165) is 23.2 Å². The Balaban J connectivity index is 2.14. The first-order chi connectivity index (χ1) is 9.70. The number of nitrogens with one attached hydrogen (secondary N) is 1. The Morgan fingerprint density at radius 2 is 2.40 bits per heavy atom. The molecule has 2 N–H and O–H groups in total. The van der Waals surface area contributed by atoms with Crippen LogP contribution in [0.2, 0.25) is 0 Å². The molecule has 106 valence electrons. The molecule has 4 heteroatoms. The quantitative estimate of drug-likeness (QED) is 0.824. The molecule has 1 aliphatic rings. The summed E-state index contributed by atoms with van der Waals surface area (Å²) >= 11 is 0. The number of carbonyl (C=O) groups is 1. The highest BCUT2D eigenvalue weighted by atomic mass is 16.5. The van der Waals surface area contributed by atoms with E-state index in [0.29, 0.717) is 19.6 Å². The van der Waals surface area contributed by atoms with Crippen molar-refractivity contribution >= 4 is 11.6 Å². The fourth-order valence-corrected chi connectivity index (χ4v) is 2.06. The SMILES string of the molecule is Cc1ccc(C#CCCO)c(NC(=O)C2CCOC2)c1. The van der Waals surface area contributed by atoms with Crippen LogP contribution in [0.4, 0.5) is 5.69 Å². The predicted molar refractivity (Wildman–Crippen MR) is 77.3 cm³/mol. The largest absolute Gasteiger partial charge is 0.395 e. The fraction of sp³-hybridized carbons (Fsp3) is 0.438. The van der Waals surface area contributed by atoms with Gasteiger partial charge in [-0.05, 0) is 31.0 Å². The molecule has 1 atom stereocenters. The maximum absolute atomic E-state index is 12.1. The van der Waals surface area contributed by atoms with Crippen LogP contribution in [0.5, 0.6) is 0 Å². The molecule has 1 amide bonds. The zero-order valence-electron chi connectivity index (χ0n) is 11.6. The molecular weight excluding hydrogens is 254 g/mol. The van der Waals surface area contributed by atoms with Crippen LogP contribution in [0.15, 0.2) is 18.2 Å². The topological polar surface area (TPSA) is 58.6 Å². The van der Waals surface area contributed by atoms with Gasteiger partial charge in [0.05, 0.1) is 24.8 Å². The number of benzene rings is 1. The molecule has 0 aromatic heterocycles. The van der Waals surface area contributed by atoms with Crippen molar-refractivity contribution in [1.82, 2.24) is 0 Å². The third-order valence-corrected chi connectivity index (χ3v) is 3.19. The maximum atomic E-state index is 12.1. The zero-order valence-corrected chi connectivity index (χ0v) is 11.6. The van der Waals surface area contributed by atoms with Crippen LogP contribution in [0.1, 0.15) is 24.0 Å². The van der Waals surface area contributed by atoms with E-state index < -0.39 is 0 Å². The molecule has 1 saturated heterocycles. The molecule has 1 unspecified atom stereocenters. The predicted octanol–water partition coefficient (Wildman–Crippen LogP) is 1.70. The number of ether oxygens (including phenoxy) is 1. The lowest BCUT2D eigenvalue weighted by atomic mass is 10.1. The molecule has 0 radical (unpaired) electrons. The van der Waals surface area contributed by atoms with Crippen molar-refractivity contribution in [3.05, 3.63) is 29.3 Å². The smallest absolute Gasteiger partial charge is 0.229 e. The molecule has 0 bridgehead atoms. The fourth-order valence-electron chi connectivity index (χ4n) is 2.06. The summed E-state index contributed by atoms with van der Waals surface area (Å²) in [6, 6.07) is 5.76. The summed E-state index contributed by atoms with van der Waals surface area (Å²) in [5.41, 5.74) is 2.57. The van der Waals surface area contributed by atoms with Gasteiger partial charge in [0.15, 0.2) is 0 Å². The van der Waals surface area contributed by atoms with Crippen LogP contribution in [0, 0.1) is 24.7 Å². The van der Waals surface area contributed by atoms with Gasteiger partial charge in [0, 0.05) is 18.6 Å². The van der Waals surface area contributed by atoms with Gasteiger partial charge in [-0.15, -0.1) is 0 Å². The first-order valence-electron chi connectivity index (χ1n) is 6.79. The highest BCUT2D eigenvalue weighted by Gasteiger charge is 2.23. The van der Waals surface area contributed by atoms with Gasteiger partial charge in [-0.3, -0.25) is 4.79 Å². The molecule has 0 saturated carbocycles. The van der Waals surface area contributed by atoms with E-state index in [1.165, 1.54) is 0 Å². The summed E-state index contributed by atoms with van der Waals surface area (Å²) in [5, 5.41) is 11.7. The van der Waals surface area contributed by atoms with E-state index in [2.05, 4.69) is 17.2 Å². The van der Waals surface area contributed by atoms with E-state index in [1.54, 1.807) is 0 Å². The summed E-state index contributed by atoms with van der Waals surface area (Å²) in [7, 11) is 0. The number of carbonyl (C=O) groups excluding carboxylic acids is 1. The lowest BCUT2D eigenvalue weighted by Crippen LogP contribution is -2.23. The van der Waals surface area contributed by atoms with Crippen LogP contribution in [0.3, 0.4) is 0 Å². The Bertz CT molecular complexity index is 536. The lowest BCUT2D eigenvalue weighted by molar-refractivity contribution is -0.119. The number of aliphatic hydroxyl groups is 1. The first-order valence-corrected chi connectivity index (χ1v) is 6.79. The van der Waals surface area contributed by atoms with Gasteiger partial charge in [0.2, 0.25) is 5.91 Å². The Kier molecular flexibility index (Phi) is 5.16. The lowest BCUT2D eigenvalue weighted by Gasteiger charge is -2.11. The summed E-state index contributed by atoms with van der Waals surface area (Å²) in [6.07, 6.45) is 1.20. The number of anilines is 1. The van der Waals surface area contributed by atoms with Crippen molar-refractivity contribution in [2.24, 2.45) is 5.92 Å². The maximum Gasteiger partial charge on any atom is 0.229 e. The minimum absolute atomic E-state index is 0.0155. The van der Waals surface area contributed by atoms with Gasteiger partial charge in [-0.25, -0.2) is 0 Å². The van der Waals surface area contributed by atoms with Crippen LogP contribution in [0.25, 0.3) is 0 Å². The third-order valence-electron chi connectivity index (χ3n) is 3.19. The molecule has 1 aromatic rings. The average Bonchev–Trinajstić information content (AvgIpc) is 2.95. The molecule has 2 rings (SSSR count). The summed E-state index contributed by atoms with van der Waals surface area (Å²) in [4.78, 5) is 12.1. The minimum atomic E-state index is -0.0752. The van der Waals surface area contributed by atoms with Crippen molar-refractivity contribution in [2.75, 3.05) is 25.1 Å². The monoisotopic (exact) mass is 273 g/mol. The van der Waals surface area contributed by atoms with Crippen molar-refractivity contribution in [1.29, 1.82) is 0 Å². The molecule has 20 heavy (non-hydrogen) atoms. The number of hydrogen-bond acceptors (Lipinski definition) is 3. The van der Waals surface area contributed by atoms with Gasteiger partial charge >= 0.3 is 0 Å². The number of hydrogen-bond donors (Lipinski definition) is 2. The second-order valence-corrected chi connectivity index (χ2v) is 4.87. The van der Waals surface area contributed by atoms with Gasteiger partial charge < -0.3 is 15.2 Å². The van der Waals surface area contributed by atoms with Crippen molar-refractivity contribution in [3.63, 3.8) is 0 Å². The van der Waals surface area contributed by atoms with E-state index in [-0.39, 0.29) is 18.4 Å². The third kappa shape index (κ3) is 3.83. The van der Waals surface area contributed by atoms with Crippen molar-refractivity contribution in [2.45, 2.75) is 19.8 Å². The van der Waals surface area contributed by atoms with E-state index >= 15 is 0 Å². The molecule has 1 heterocycles. The number of rotatable bonds is 3. The van der Waals surface area contributed by atoms with E-state index in [1.807, 2.05) is 25.1 Å². The van der Waals surface area contributed by atoms with Gasteiger partial charge in [-0.1, -0.05) is 17.9 Å². The number of amides is 1. The summed E-state index contributed by atoms with van der Waals surface area (Å²) in [6.45, 7) is 3.15. The van der Waals surface area contributed by atoms with Gasteiger partial charge in [-0.2, -0.15) is 0 Å². The van der Waals surface area contributed by atoms with Crippen LogP contribution in [-0.2, 0) is 9.53 Å². The van der Waals surface area contributed by atoms with Crippen molar-refractivity contribution < 1.29 is 14.6 Å². The van der Waals surface area contributed by atoms with Crippen molar-refractivity contribution in [3.8, 4) is 11.8 Å². The highest BCUT2D eigenvalue weighted by molar-refractivity contribution is 5.94. The molecule has 0 spiro atoms. The molecule has 0 aliphatic carbocycles. The van der Waals surface area contributed by atoms with Gasteiger partial charge in [0.25, 0.3) is 0 Å². The summed E-state index contributed by atoms with van der Waals surface area (Å²) in [5.74, 6) is 5.77. The first kappa shape index (κ1) is 14.6. The normalized spacial score (nSPS) is 17.4. The Labute approximate surface area is 119 Å². The average molecular weight is 273 g/mol. The molecule has 1 aliphatic heterocycles. The number of aliphatic hydroxyl groups excluding tert-OH is 1. The van der Waals surface area contributed by atoms with E-state index in [9.17, 15) is 4.79 Å². The second kappa shape index (κ2) is 7.09. The van der Waals surface area contributed by atoms with Crippen LogP contribution < -0.4 is 5.32 Å². The number of aryl methyl sites for hydroxylation is 1. The highest BCUT2D eigenvalue weighted by Crippen LogP contribution is 2.20. The van der Waals surface area contributed by atoms with Gasteiger partial charge in [0.1, 0.15) is 0 Å². The Hall–Kier alpha value is -1.83. The van der Waals surface area contributed by atoms with Crippen LogP contribution in [-0.4, -0.2) is 30.8 Å². The molecular formula is C16H19NO3. The minimum Gasteiger partial charge on any atom is -0.395 e. The molecule has 1 fully saturated rings. The van der Waals surface area contributed by atoms with Crippen LogP contribution >= 0.6 is 0 Å². The summed E-state index contributed by atoms with van der Waals surface area (Å²) < 4.78 is 5.23. The standard InChI is InChI=1S/C16H19NO3/c1-12-5-6-13(4-2-3-8-18)15(10-12)17-16(19)14-7-9-20-11-14/h5-6,10,14,18H,3,7-9,11H2,1H3,(H,17,19). The molecule has 4 nitrogen and oxygen atoms in total. The van der Waals surface area contributed by atoms with E-state index in [4.69, 9.17) is 9.84 Å². The Morgan fingerprint density at radius 1 is 1.55 bits per heavy atom. The Morgan fingerprint density at radius 3 is 3.10 bits per heavy atom. The molecule has 1 aromatic carbocycles. The zero-order chi connectivity index (χ0) is 14.4.